The summed E-state index contributed by atoms with van der Waals surface area (Å²) in [6, 6.07) is 8.59. The Bertz CT molecular complexity index is 836. The van der Waals surface area contributed by atoms with Gasteiger partial charge in [0.05, 0.1) is 4.92 Å². The normalized spacial score (nSPS) is 11.4. The van der Waals surface area contributed by atoms with Crippen LogP contribution in [0.2, 0.25) is 0 Å². The molecule has 0 spiro atoms. The number of nitro groups is 1. The lowest BCUT2D eigenvalue weighted by atomic mass is 10.0. The van der Waals surface area contributed by atoms with Crippen molar-refractivity contribution in [3.63, 3.8) is 0 Å². The first-order chi connectivity index (χ1) is 11.9. The first kappa shape index (κ1) is 18.4. The molecule has 0 saturated carbocycles. The molecule has 1 atom stereocenters. The van der Waals surface area contributed by atoms with Gasteiger partial charge in [-0.3, -0.25) is 14.9 Å². The molecule has 1 heterocycles. The molecular formula is C18H18N3O3S+. The quantitative estimate of drug-likeness (QED) is 0.206. The van der Waals surface area contributed by atoms with Crippen LogP contribution in [-0.2, 0) is 0 Å². The summed E-state index contributed by atoms with van der Waals surface area (Å²) < 4.78 is 1.70. The van der Waals surface area contributed by atoms with E-state index < -0.39 is 11.0 Å². The number of rotatable bonds is 7. The van der Waals surface area contributed by atoms with Crippen molar-refractivity contribution in [1.82, 2.24) is 5.32 Å². The van der Waals surface area contributed by atoms with Gasteiger partial charge in [-0.25, -0.2) is 0 Å². The van der Waals surface area contributed by atoms with Gasteiger partial charge in [-0.2, -0.15) is 4.57 Å². The van der Waals surface area contributed by atoms with Gasteiger partial charge < -0.3 is 5.32 Å². The standard InChI is InChI=1S/C18H17N3O3S/c1-3-9-19-18(25)16(20-10-5-6-13(2)12-20)17(22)14-7-4-8-15(11-14)21(23)24/h3-8,10-12,16H,1,9H2,2H3/p+1/t16-/m0/s1. The fraction of sp³-hybridized carbons (Fsp3) is 0.167. The van der Waals surface area contributed by atoms with Crippen LogP contribution in [0.1, 0.15) is 22.0 Å². The maximum absolute atomic E-state index is 13.0. The van der Waals surface area contributed by atoms with E-state index in [-0.39, 0.29) is 17.0 Å². The van der Waals surface area contributed by atoms with Crippen LogP contribution in [0.25, 0.3) is 0 Å². The zero-order valence-corrected chi connectivity index (χ0v) is 14.5. The number of Topliss-reactive ketones (excluding diaryl/α,β-unsaturated/α-hetero) is 1. The average Bonchev–Trinajstić information content (AvgIpc) is 2.60. The number of carbonyl (C=O) groups excluding carboxylic acids is 1. The van der Waals surface area contributed by atoms with Gasteiger partial charge in [0, 0.05) is 35.9 Å². The number of nitrogens with zero attached hydrogens (tertiary/aromatic N) is 2. The maximum atomic E-state index is 13.0. The van der Waals surface area contributed by atoms with Gasteiger partial charge in [0.25, 0.3) is 11.7 Å². The molecule has 25 heavy (non-hydrogen) atoms. The molecule has 128 valence electrons. The van der Waals surface area contributed by atoms with E-state index in [0.717, 1.165) is 5.56 Å². The third-order valence-electron chi connectivity index (χ3n) is 3.53. The van der Waals surface area contributed by atoms with E-state index in [2.05, 4.69) is 11.9 Å². The highest BCUT2D eigenvalue weighted by molar-refractivity contribution is 7.80. The number of pyridine rings is 1. The Balaban J connectivity index is 2.45. The molecule has 2 rings (SSSR count). The Hall–Kier alpha value is -2.93. The van der Waals surface area contributed by atoms with Crippen LogP contribution < -0.4 is 9.88 Å². The minimum atomic E-state index is -0.795. The highest BCUT2D eigenvalue weighted by Gasteiger charge is 2.33. The zero-order chi connectivity index (χ0) is 18.4. The van der Waals surface area contributed by atoms with Crippen molar-refractivity contribution < 1.29 is 14.3 Å². The summed E-state index contributed by atoms with van der Waals surface area (Å²) >= 11 is 5.39. The van der Waals surface area contributed by atoms with Crippen molar-refractivity contribution in [2.75, 3.05) is 6.54 Å². The second-order valence-electron chi connectivity index (χ2n) is 5.44. The lowest BCUT2D eigenvalue weighted by Gasteiger charge is -2.14. The molecule has 2 aromatic rings. The lowest BCUT2D eigenvalue weighted by Crippen LogP contribution is -2.51. The van der Waals surface area contributed by atoms with Gasteiger partial charge in [-0.1, -0.05) is 30.4 Å². The van der Waals surface area contributed by atoms with Gasteiger partial charge in [0.2, 0.25) is 5.78 Å². The lowest BCUT2D eigenvalue weighted by molar-refractivity contribution is -0.692. The Labute approximate surface area is 151 Å². The van der Waals surface area contributed by atoms with Gasteiger partial charge in [-0.15, -0.1) is 6.58 Å². The summed E-state index contributed by atoms with van der Waals surface area (Å²) in [6.07, 6.45) is 5.19. The van der Waals surface area contributed by atoms with Gasteiger partial charge in [0.1, 0.15) is 0 Å². The van der Waals surface area contributed by atoms with Crippen LogP contribution >= 0.6 is 12.2 Å². The number of hydrogen-bond donors (Lipinski definition) is 1. The number of carbonyl (C=O) groups is 1. The van der Waals surface area contributed by atoms with E-state index in [9.17, 15) is 14.9 Å². The maximum Gasteiger partial charge on any atom is 0.270 e. The molecule has 0 bridgehead atoms. The largest absolute Gasteiger partial charge is 0.370 e. The van der Waals surface area contributed by atoms with Crippen LogP contribution in [0.5, 0.6) is 0 Å². The number of benzene rings is 1. The molecule has 0 saturated heterocycles. The van der Waals surface area contributed by atoms with Crippen molar-refractivity contribution in [2.45, 2.75) is 13.0 Å². The molecule has 0 amide bonds. The Kier molecular flexibility index (Phi) is 6.08. The Morgan fingerprint density at radius 1 is 1.44 bits per heavy atom. The highest BCUT2D eigenvalue weighted by atomic mass is 32.1. The molecule has 1 N–H and O–H groups in total. The molecule has 0 fully saturated rings. The molecule has 7 heteroatoms. The van der Waals surface area contributed by atoms with E-state index in [1.165, 1.54) is 18.2 Å². The summed E-state index contributed by atoms with van der Waals surface area (Å²) in [4.78, 5) is 23.8. The smallest absolute Gasteiger partial charge is 0.270 e. The minimum absolute atomic E-state index is 0.135. The highest BCUT2D eigenvalue weighted by Crippen LogP contribution is 2.17. The monoisotopic (exact) mass is 356 g/mol. The SMILES string of the molecule is C=CCNC(=S)[C@H](C(=O)c1cccc([N+](=O)[O-])c1)[n+]1cccc(C)c1. The predicted octanol–water partition coefficient (Wildman–Crippen LogP) is 2.72. The first-order valence-corrected chi connectivity index (χ1v) is 7.99. The van der Waals surface area contributed by atoms with Crippen LogP contribution in [0.3, 0.4) is 0 Å². The molecular weight excluding hydrogens is 338 g/mol. The van der Waals surface area contributed by atoms with Gasteiger partial charge >= 0.3 is 0 Å². The summed E-state index contributed by atoms with van der Waals surface area (Å²) in [6.45, 7) is 5.95. The molecule has 0 unspecified atom stereocenters. The third-order valence-corrected chi connectivity index (χ3v) is 3.89. The number of non-ortho nitro benzene ring substituents is 1. The van der Waals surface area contributed by atoms with E-state index in [1.54, 1.807) is 22.9 Å². The molecule has 6 nitrogen and oxygen atoms in total. The zero-order valence-electron chi connectivity index (χ0n) is 13.7. The average molecular weight is 356 g/mol. The fourth-order valence-electron chi connectivity index (χ4n) is 2.37. The molecule has 0 aliphatic carbocycles. The van der Waals surface area contributed by atoms with Crippen molar-refractivity contribution >= 4 is 28.7 Å². The van der Waals surface area contributed by atoms with Gasteiger partial charge in [0.15, 0.2) is 17.4 Å². The fourth-order valence-corrected chi connectivity index (χ4v) is 2.68. The molecule has 1 aromatic heterocycles. The van der Waals surface area contributed by atoms with Crippen molar-refractivity contribution in [2.24, 2.45) is 0 Å². The number of aryl methyl sites for hydroxylation is 1. The second-order valence-corrected chi connectivity index (χ2v) is 5.88. The number of thiocarbonyl (C=S) groups is 1. The summed E-state index contributed by atoms with van der Waals surface area (Å²) in [5.74, 6) is -0.319. The number of ketones is 1. The van der Waals surface area contributed by atoms with Crippen LogP contribution in [0.15, 0.2) is 61.4 Å². The molecule has 1 aromatic carbocycles. The van der Waals surface area contributed by atoms with Crippen molar-refractivity contribution in [3.8, 4) is 0 Å². The third kappa shape index (κ3) is 4.54. The summed E-state index contributed by atoms with van der Waals surface area (Å²) in [7, 11) is 0. The van der Waals surface area contributed by atoms with Crippen molar-refractivity contribution in [1.29, 1.82) is 0 Å². The molecule has 0 radical (unpaired) electrons. The Morgan fingerprint density at radius 3 is 2.84 bits per heavy atom. The topological polar surface area (TPSA) is 76.1 Å². The number of nitrogens with one attached hydrogen (secondary N) is 1. The molecule has 0 aliphatic rings. The van der Waals surface area contributed by atoms with E-state index >= 15 is 0 Å². The van der Waals surface area contributed by atoms with E-state index in [1.807, 2.05) is 25.3 Å². The van der Waals surface area contributed by atoms with Gasteiger partial charge in [-0.05, 0) is 13.0 Å². The van der Waals surface area contributed by atoms with E-state index in [4.69, 9.17) is 12.2 Å². The number of aromatic nitrogens is 1. The number of hydrogen-bond acceptors (Lipinski definition) is 4. The summed E-state index contributed by atoms with van der Waals surface area (Å²) in [5, 5.41) is 14.0. The minimum Gasteiger partial charge on any atom is -0.370 e. The Morgan fingerprint density at radius 2 is 2.20 bits per heavy atom. The second kappa shape index (κ2) is 8.25. The van der Waals surface area contributed by atoms with Crippen molar-refractivity contribution in [3.05, 3.63) is 82.7 Å². The number of nitro benzene ring substituents is 1. The van der Waals surface area contributed by atoms with E-state index in [0.29, 0.717) is 11.5 Å². The summed E-state index contributed by atoms with van der Waals surface area (Å²) in [5.41, 5.74) is 1.06. The first-order valence-electron chi connectivity index (χ1n) is 7.58. The van der Waals surface area contributed by atoms with Crippen LogP contribution in [0.4, 0.5) is 5.69 Å². The predicted molar refractivity (Wildman–Crippen MR) is 98.6 cm³/mol. The van der Waals surface area contributed by atoms with Crippen LogP contribution in [-0.4, -0.2) is 22.2 Å². The molecule has 0 aliphatic heterocycles. The van der Waals surface area contributed by atoms with Crippen LogP contribution in [0, 0.1) is 17.0 Å².